The van der Waals surface area contributed by atoms with Crippen LogP contribution in [0.15, 0.2) is 22.9 Å². The number of carbonyl (C=O) groups is 1. The Labute approximate surface area is 138 Å². The average Bonchev–Trinajstić information content (AvgIpc) is 3.25. The first-order valence-corrected chi connectivity index (χ1v) is 7.71. The summed E-state index contributed by atoms with van der Waals surface area (Å²) in [5.41, 5.74) is 2.34. The van der Waals surface area contributed by atoms with Gasteiger partial charge in [-0.05, 0) is 19.9 Å². The van der Waals surface area contributed by atoms with E-state index in [2.05, 4.69) is 25.7 Å². The molecule has 24 heavy (non-hydrogen) atoms. The standard InChI is InChI=1S/C15H19N7O2/c1-4-22-12(7-10(2)20-22)15-19-18-14(24-15)6-5-13(23)17-11-8-16-21(3)9-11/h7-9H,4-6H2,1-3H3,(H,17,23). The number of aryl methyl sites for hydroxylation is 4. The van der Waals surface area contributed by atoms with E-state index in [9.17, 15) is 4.79 Å². The summed E-state index contributed by atoms with van der Waals surface area (Å²) in [5, 5.41) is 19.2. The van der Waals surface area contributed by atoms with Crippen molar-refractivity contribution in [2.45, 2.75) is 33.2 Å². The molecule has 9 nitrogen and oxygen atoms in total. The van der Waals surface area contributed by atoms with E-state index in [1.54, 1.807) is 24.1 Å². The molecule has 1 N–H and O–H groups in total. The zero-order valence-corrected chi connectivity index (χ0v) is 13.9. The van der Waals surface area contributed by atoms with Crippen molar-refractivity contribution in [3.05, 3.63) is 30.0 Å². The summed E-state index contributed by atoms with van der Waals surface area (Å²) >= 11 is 0. The number of nitrogens with zero attached hydrogens (tertiary/aromatic N) is 6. The van der Waals surface area contributed by atoms with Gasteiger partial charge in [0.15, 0.2) is 0 Å². The van der Waals surface area contributed by atoms with Gasteiger partial charge in [-0.15, -0.1) is 10.2 Å². The second-order valence-electron chi connectivity index (χ2n) is 5.44. The van der Waals surface area contributed by atoms with E-state index >= 15 is 0 Å². The molecule has 3 heterocycles. The number of anilines is 1. The van der Waals surface area contributed by atoms with Crippen LogP contribution in [0.4, 0.5) is 5.69 Å². The topological polar surface area (TPSA) is 104 Å². The van der Waals surface area contributed by atoms with Gasteiger partial charge in [-0.2, -0.15) is 10.2 Å². The maximum Gasteiger partial charge on any atom is 0.265 e. The van der Waals surface area contributed by atoms with Crippen molar-refractivity contribution in [3.8, 4) is 11.6 Å². The fraction of sp³-hybridized carbons (Fsp3) is 0.400. The van der Waals surface area contributed by atoms with Crippen LogP contribution in [0, 0.1) is 6.92 Å². The maximum absolute atomic E-state index is 11.9. The van der Waals surface area contributed by atoms with E-state index in [1.807, 2.05) is 24.6 Å². The molecule has 0 saturated carbocycles. The minimum absolute atomic E-state index is 0.128. The van der Waals surface area contributed by atoms with Gasteiger partial charge < -0.3 is 9.73 Å². The molecule has 3 aromatic rings. The Hall–Kier alpha value is -2.97. The van der Waals surface area contributed by atoms with Crippen molar-refractivity contribution in [1.82, 2.24) is 29.8 Å². The zero-order chi connectivity index (χ0) is 17.1. The molecule has 1 amide bonds. The van der Waals surface area contributed by atoms with Gasteiger partial charge in [0.2, 0.25) is 11.8 Å². The third-order valence-electron chi connectivity index (χ3n) is 3.44. The largest absolute Gasteiger partial charge is 0.419 e. The second kappa shape index (κ2) is 6.65. The first-order chi connectivity index (χ1) is 11.5. The number of hydrogen-bond donors (Lipinski definition) is 1. The molecule has 0 unspecified atom stereocenters. The van der Waals surface area contributed by atoms with Crippen LogP contribution in [-0.4, -0.2) is 35.7 Å². The Morgan fingerprint density at radius 3 is 2.92 bits per heavy atom. The van der Waals surface area contributed by atoms with Gasteiger partial charge in [-0.3, -0.25) is 14.2 Å². The lowest BCUT2D eigenvalue weighted by Crippen LogP contribution is -2.11. The van der Waals surface area contributed by atoms with Crippen LogP contribution >= 0.6 is 0 Å². The molecule has 0 saturated heterocycles. The van der Waals surface area contributed by atoms with Crippen LogP contribution in [0.25, 0.3) is 11.6 Å². The Bertz CT molecular complexity index is 846. The monoisotopic (exact) mass is 329 g/mol. The third-order valence-corrected chi connectivity index (χ3v) is 3.44. The molecule has 9 heteroatoms. The van der Waals surface area contributed by atoms with E-state index in [0.717, 1.165) is 11.4 Å². The Morgan fingerprint density at radius 2 is 2.21 bits per heavy atom. The van der Waals surface area contributed by atoms with Crippen LogP contribution in [0.1, 0.15) is 24.9 Å². The van der Waals surface area contributed by atoms with Gasteiger partial charge in [-0.25, -0.2) is 0 Å². The summed E-state index contributed by atoms with van der Waals surface area (Å²) in [7, 11) is 1.79. The first kappa shape index (κ1) is 15.9. The van der Waals surface area contributed by atoms with E-state index in [0.29, 0.717) is 30.4 Å². The van der Waals surface area contributed by atoms with E-state index in [4.69, 9.17) is 4.42 Å². The molecule has 0 aliphatic heterocycles. The van der Waals surface area contributed by atoms with Crippen LogP contribution in [0.5, 0.6) is 0 Å². The molecule has 0 fully saturated rings. The molecular formula is C15H19N7O2. The summed E-state index contributed by atoms with van der Waals surface area (Å²) in [5.74, 6) is 0.713. The lowest BCUT2D eigenvalue weighted by molar-refractivity contribution is -0.116. The summed E-state index contributed by atoms with van der Waals surface area (Å²) in [6.45, 7) is 4.63. The fourth-order valence-electron chi connectivity index (χ4n) is 2.35. The predicted octanol–water partition coefficient (Wildman–Crippen LogP) is 1.57. The fourth-order valence-corrected chi connectivity index (χ4v) is 2.35. The van der Waals surface area contributed by atoms with Crippen molar-refractivity contribution in [2.24, 2.45) is 7.05 Å². The lowest BCUT2D eigenvalue weighted by atomic mass is 10.3. The highest BCUT2D eigenvalue weighted by atomic mass is 16.4. The number of nitrogens with one attached hydrogen (secondary N) is 1. The number of rotatable bonds is 6. The number of hydrogen-bond acceptors (Lipinski definition) is 6. The van der Waals surface area contributed by atoms with Crippen LogP contribution < -0.4 is 5.32 Å². The molecule has 126 valence electrons. The minimum Gasteiger partial charge on any atom is -0.419 e. The molecule has 3 rings (SSSR count). The Morgan fingerprint density at radius 1 is 1.38 bits per heavy atom. The van der Waals surface area contributed by atoms with E-state index in [1.165, 1.54) is 0 Å². The molecule has 0 atom stereocenters. The van der Waals surface area contributed by atoms with Crippen LogP contribution in [-0.2, 0) is 24.8 Å². The van der Waals surface area contributed by atoms with Crippen molar-refractivity contribution < 1.29 is 9.21 Å². The number of carbonyl (C=O) groups excluding carboxylic acids is 1. The van der Waals surface area contributed by atoms with Gasteiger partial charge in [0.05, 0.1) is 17.6 Å². The Kier molecular flexibility index (Phi) is 4.41. The minimum atomic E-state index is -0.128. The summed E-state index contributed by atoms with van der Waals surface area (Å²) in [4.78, 5) is 11.9. The number of amides is 1. The van der Waals surface area contributed by atoms with Crippen LogP contribution in [0.2, 0.25) is 0 Å². The lowest BCUT2D eigenvalue weighted by Gasteiger charge is -2.00. The molecule has 0 radical (unpaired) electrons. The van der Waals surface area contributed by atoms with Gasteiger partial charge in [0.1, 0.15) is 5.69 Å². The summed E-state index contributed by atoms with van der Waals surface area (Å²) < 4.78 is 9.08. The highest BCUT2D eigenvalue weighted by Crippen LogP contribution is 2.19. The molecule has 3 aromatic heterocycles. The number of aromatic nitrogens is 6. The average molecular weight is 329 g/mol. The summed E-state index contributed by atoms with van der Waals surface area (Å²) in [6.07, 6.45) is 3.95. The predicted molar refractivity (Wildman–Crippen MR) is 86.1 cm³/mol. The quantitative estimate of drug-likeness (QED) is 0.736. The van der Waals surface area contributed by atoms with Crippen LogP contribution in [0.3, 0.4) is 0 Å². The molecular weight excluding hydrogens is 310 g/mol. The zero-order valence-electron chi connectivity index (χ0n) is 13.9. The second-order valence-corrected chi connectivity index (χ2v) is 5.44. The highest BCUT2D eigenvalue weighted by molar-refractivity contribution is 5.90. The SMILES string of the molecule is CCn1nc(C)cc1-c1nnc(CCC(=O)Nc2cnn(C)c2)o1. The van der Waals surface area contributed by atoms with Gasteiger partial charge >= 0.3 is 0 Å². The van der Waals surface area contributed by atoms with E-state index < -0.39 is 0 Å². The van der Waals surface area contributed by atoms with Gasteiger partial charge in [0.25, 0.3) is 5.89 Å². The van der Waals surface area contributed by atoms with Crippen molar-refractivity contribution >= 4 is 11.6 Å². The molecule has 0 bridgehead atoms. The van der Waals surface area contributed by atoms with Gasteiger partial charge in [0, 0.05) is 32.6 Å². The van der Waals surface area contributed by atoms with E-state index in [-0.39, 0.29) is 12.3 Å². The maximum atomic E-state index is 11.9. The normalized spacial score (nSPS) is 11.0. The Balaban J connectivity index is 1.60. The molecule has 0 aliphatic rings. The first-order valence-electron chi connectivity index (χ1n) is 7.71. The molecule has 0 aliphatic carbocycles. The van der Waals surface area contributed by atoms with Crippen molar-refractivity contribution in [3.63, 3.8) is 0 Å². The van der Waals surface area contributed by atoms with Crippen molar-refractivity contribution in [2.75, 3.05) is 5.32 Å². The van der Waals surface area contributed by atoms with Gasteiger partial charge in [-0.1, -0.05) is 0 Å². The molecule has 0 aromatic carbocycles. The summed E-state index contributed by atoms with van der Waals surface area (Å²) in [6, 6.07) is 1.90. The highest BCUT2D eigenvalue weighted by Gasteiger charge is 2.15. The molecule has 0 spiro atoms. The van der Waals surface area contributed by atoms with Crippen molar-refractivity contribution in [1.29, 1.82) is 0 Å². The third kappa shape index (κ3) is 3.50. The smallest absolute Gasteiger partial charge is 0.265 e.